The van der Waals surface area contributed by atoms with Gasteiger partial charge in [0.2, 0.25) is 5.91 Å². The van der Waals surface area contributed by atoms with E-state index in [4.69, 9.17) is 15.6 Å². The third kappa shape index (κ3) is 5.59. The Balaban J connectivity index is 1.79. The highest BCUT2D eigenvalue weighted by molar-refractivity contribution is 9.11. The van der Waals surface area contributed by atoms with Crippen molar-refractivity contribution in [3.05, 3.63) is 50.4 Å². The van der Waals surface area contributed by atoms with Crippen LogP contribution in [0, 0.1) is 0 Å². The van der Waals surface area contributed by atoms with Crippen molar-refractivity contribution < 1.29 is 24.5 Å². The van der Waals surface area contributed by atoms with E-state index < -0.39 is 12.0 Å². The highest BCUT2D eigenvalue weighted by Crippen LogP contribution is 2.39. The number of hydrazone groups is 1. The number of halogens is 2. The van der Waals surface area contributed by atoms with Crippen LogP contribution in [0.2, 0.25) is 0 Å². The number of aliphatic carboxylic acids is 1. The molecular formula is C20H19Br2N3O5. The molecule has 2 aromatic rings. The van der Waals surface area contributed by atoms with Crippen molar-refractivity contribution in [2.75, 3.05) is 0 Å². The first-order chi connectivity index (χ1) is 14.2. The molecule has 0 spiro atoms. The second kappa shape index (κ2) is 9.59. The van der Waals surface area contributed by atoms with E-state index in [9.17, 15) is 14.7 Å². The topological polar surface area (TPSA) is 134 Å². The smallest absolute Gasteiger partial charge is 0.320 e. The van der Waals surface area contributed by atoms with Crippen molar-refractivity contribution >= 4 is 49.4 Å². The molecule has 5 N–H and O–H groups in total. The summed E-state index contributed by atoms with van der Waals surface area (Å²) in [5.41, 5.74) is 10.2. The van der Waals surface area contributed by atoms with E-state index in [-0.39, 0.29) is 18.1 Å². The molecule has 8 nitrogen and oxygen atoms in total. The molecule has 0 saturated heterocycles. The van der Waals surface area contributed by atoms with Crippen LogP contribution in [0.25, 0.3) is 0 Å². The van der Waals surface area contributed by atoms with Crippen molar-refractivity contribution in [3.8, 4) is 17.2 Å². The van der Waals surface area contributed by atoms with Gasteiger partial charge in [0.1, 0.15) is 17.5 Å². The Morgan fingerprint density at radius 3 is 2.53 bits per heavy atom. The summed E-state index contributed by atoms with van der Waals surface area (Å²) in [6.07, 6.45) is 1.47. The number of aromatic hydroxyl groups is 1. The first kappa shape index (κ1) is 22.3. The molecule has 1 amide bonds. The van der Waals surface area contributed by atoms with Gasteiger partial charge in [-0.05, 0) is 80.6 Å². The van der Waals surface area contributed by atoms with Crippen LogP contribution in [0.3, 0.4) is 0 Å². The second-order valence-corrected chi connectivity index (χ2v) is 8.53. The van der Waals surface area contributed by atoms with Gasteiger partial charge in [-0.15, -0.1) is 0 Å². The lowest BCUT2D eigenvalue weighted by Crippen LogP contribution is -2.32. The Hall–Kier alpha value is -2.43. The van der Waals surface area contributed by atoms with E-state index in [0.29, 0.717) is 45.3 Å². The van der Waals surface area contributed by atoms with Gasteiger partial charge in [-0.25, -0.2) is 5.43 Å². The highest BCUT2D eigenvalue weighted by Gasteiger charge is 2.17. The highest BCUT2D eigenvalue weighted by atomic mass is 79.9. The van der Waals surface area contributed by atoms with Crippen molar-refractivity contribution in [1.29, 1.82) is 0 Å². The number of nitrogens with two attached hydrogens (primary N) is 1. The molecule has 158 valence electrons. The summed E-state index contributed by atoms with van der Waals surface area (Å²) < 4.78 is 7.23. The number of phenols is 1. The van der Waals surface area contributed by atoms with Crippen molar-refractivity contribution in [2.24, 2.45) is 10.8 Å². The Kier molecular flexibility index (Phi) is 7.11. The number of ether oxygens (including phenoxy) is 1. The van der Waals surface area contributed by atoms with Gasteiger partial charge in [0.05, 0.1) is 8.95 Å². The van der Waals surface area contributed by atoms with Crippen LogP contribution in [0.1, 0.15) is 24.0 Å². The van der Waals surface area contributed by atoms with Gasteiger partial charge in [-0.3, -0.25) is 9.59 Å². The van der Waals surface area contributed by atoms with Crippen molar-refractivity contribution in [3.63, 3.8) is 0 Å². The molecule has 1 aliphatic heterocycles. The quantitative estimate of drug-likeness (QED) is 0.425. The van der Waals surface area contributed by atoms with Gasteiger partial charge in [0.15, 0.2) is 5.75 Å². The average molecular weight is 541 g/mol. The molecule has 1 aliphatic rings. The second-order valence-electron chi connectivity index (χ2n) is 6.82. The number of carboxylic acids is 1. The first-order valence-corrected chi connectivity index (χ1v) is 10.6. The number of benzene rings is 2. The average Bonchev–Trinajstić information content (AvgIpc) is 2.68. The fourth-order valence-electron chi connectivity index (χ4n) is 2.91. The SMILES string of the molecule is NC(Cc1cc(Br)c(Oc2ccc(O)c(CC3=NNC(=O)CC3)c2)c(Br)c1)C(=O)O. The summed E-state index contributed by atoms with van der Waals surface area (Å²) in [4.78, 5) is 22.2. The van der Waals surface area contributed by atoms with Crippen LogP contribution in [-0.2, 0) is 22.4 Å². The predicted molar refractivity (Wildman–Crippen MR) is 118 cm³/mol. The van der Waals surface area contributed by atoms with Crippen LogP contribution >= 0.6 is 31.9 Å². The Bertz CT molecular complexity index is 1000. The molecule has 1 atom stereocenters. The number of amides is 1. The van der Waals surface area contributed by atoms with Crippen LogP contribution < -0.4 is 15.9 Å². The van der Waals surface area contributed by atoms with E-state index in [1.54, 1.807) is 24.3 Å². The molecule has 0 bridgehead atoms. The van der Waals surface area contributed by atoms with Crippen molar-refractivity contribution in [1.82, 2.24) is 5.43 Å². The minimum Gasteiger partial charge on any atom is -0.508 e. The summed E-state index contributed by atoms with van der Waals surface area (Å²) in [5.74, 6) is -0.0804. The van der Waals surface area contributed by atoms with E-state index in [1.807, 2.05) is 0 Å². The Morgan fingerprint density at radius 2 is 1.93 bits per heavy atom. The van der Waals surface area contributed by atoms with E-state index in [0.717, 1.165) is 11.3 Å². The number of hydrogen-bond donors (Lipinski definition) is 4. The maximum absolute atomic E-state index is 11.2. The number of rotatable bonds is 7. The lowest BCUT2D eigenvalue weighted by atomic mass is 10.0. The molecule has 1 heterocycles. The molecule has 30 heavy (non-hydrogen) atoms. The molecule has 3 rings (SSSR count). The molecule has 0 aliphatic carbocycles. The van der Waals surface area contributed by atoms with Crippen LogP contribution in [0.4, 0.5) is 0 Å². The van der Waals surface area contributed by atoms with E-state index in [2.05, 4.69) is 42.4 Å². The van der Waals surface area contributed by atoms with Gasteiger partial charge in [-0.2, -0.15) is 5.10 Å². The van der Waals surface area contributed by atoms with Gasteiger partial charge in [0, 0.05) is 24.1 Å². The lowest BCUT2D eigenvalue weighted by molar-refractivity contribution is -0.138. The van der Waals surface area contributed by atoms with Gasteiger partial charge in [0.25, 0.3) is 0 Å². The Labute approximate surface area is 189 Å². The zero-order valence-corrected chi connectivity index (χ0v) is 18.9. The number of carbonyl (C=O) groups is 2. The van der Waals surface area contributed by atoms with Gasteiger partial charge >= 0.3 is 5.97 Å². The maximum atomic E-state index is 11.2. The maximum Gasteiger partial charge on any atom is 0.320 e. The monoisotopic (exact) mass is 539 g/mol. The summed E-state index contributed by atoms with van der Waals surface area (Å²) >= 11 is 6.90. The molecule has 0 saturated carbocycles. The van der Waals surface area contributed by atoms with Crippen LogP contribution in [0.15, 0.2) is 44.4 Å². The molecular weight excluding hydrogens is 522 g/mol. The molecule has 0 fully saturated rings. The summed E-state index contributed by atoms with van der Waals surface area (Å²) in [6, 6.07) is 7.39. The van der Waals surface area contributed by atoms with E-state index >= 15 is 0 Å². The molecule has 0 radical (unpaired) electrons. The lowest BCUT2D eigenvalue weighted by Gasteiger charge is -2.15. The number of carbonyl (C=O) groups excluding carboxylic acids is 1. The van der Waals surface area contributed by atoms with Gasteiger partial charge < -0.3 is 20.7 Å². The van der Waals surface area contributed by atoms with Crippen molar-refractivity contribution in [2.45, 2.75) is 31.7 Å². The zero-order valence-electron chi connectivity index (χ0n) is 15.7. The summed E-state index contributed by atoms with van der Waals surface area (Å²) in [5, 5.41) is 23.2. The largest absolute Gasteiger partial charge is 0.508 e. The Morgan fingerprint density at radius 1 is 1.23 bits per heavy atom. The number of carboxylic acid groups (broad SMARTS) is 1. The standard InChI is InChI=1S/C20H19Br2N3O5/c21-14-5-10(7-16(23)20(28)29)6-15(22)19(14)30-13-2-3-17(26)11(9-13)8-12-1-4-18(27)25-24-12/h2-3,5-6,9,16,26H,1,4,7-8,23H2,(H,25,27)(H,28,29). The number of nitrogens with one attached hydrogen (secondary N) is 1. The third-order valence-corrected chi connectivity index (χ3v) is 5.65. The summed E-state index contributed by atoms with van der Waals surface area (Å²) in [7, 11) is 0. The zero-order chi connectivity index (χ0) is 21.8. The summed E-state index contributed by atoms with van der Waals surface area (Å²) in [6.45, 7) is 0. The minimum atomic E-state index is -1.07. The number of hydrogen-bond acceptors (Lipinski definition) is 6. The molecule has 1 unspecified atom stereocenters. The van der Waals surface area contributed by atoms with Crippen LogP contribution in [-0.4, -0.2) is 33.8 Å². The van der Waals surface area contributed by atoms with Gasteiger partial charge in [-0.1, -0.05) is 0 Å². The minimum absolute atomic E-state index is 0.109. The number of nitrogens with zero attached hydrogens (tertiary/aromatic N) is 1. The fraction of sp³-hybridized carbons (Fsp3) is 0.250. The molecule has 0 aromatic heterocycles. The number of phenolic OH excluding ortho intramolecular Hbond substituents is 1. The molecule has 10 heteroatoms. The first-order valence-electron chi connectivity index (χ1n) is 9.03. The molecule has 2 aromatic carbocycles. The normalized spacial score (nSPS) is 14.6. The van der Waals surface area contributed by atoms with Crippen LogP contribution in [0.5, 0.6) is 17.2 Å². The van der Waals surface area contributed by atoms with E-state index in [1.165, 1.54) is 6.07 Å². The fourth-order valence-corrected chi connectivity index (χ4v) is 4.36. The predicted octanol–water partition coefficient (Wildman–Crippen LogP) is 3.47. The third-order valence-electron chi connectivity index (χ3n) is 4.48.